The van der Waals surface area contributed by atoms with Gasteiger partial charge in [-0.25, -0.2) is 4.98 Å². The van der Waals surface area contributed by atoms with Crippen molar-refractivity contribution in [3.63, 3.8) is 0 Å². The third kappa shape index (κ3) is 3.74. The molecule has 6 heteroatoms. The van der Waals surface area contributed by atoms with Crippen LogP contribution in [0.3, 0.4) is 0 Å². The number of carbonyl (C=O) groups is 1. The van der Waals surface area contributed by atoms with Crippen LogP contribution in [0.25, 0.3) is 10.2 Å². The summed E-state index contributed by atoms with van der Waals surface area (Å²) in [4.78, 5) is 18.3. The van der Waals surface area contributed by atoms with Gasteiger partial charge in [0.05, 0.1) is 15.6 Å². The first-order valence-corrected chi connectivity index (χ1v) is 10.4. The Morgan fingerprint density at radius 1 is 1.15 bits per heavy atom. The van der Waals surface area contributed by atoms with E-state index < -0.39 is 0 Å². The molecule has 1 heterocycles. The molecule has 0 fully saturated rings. The van der Waals surface area contributed by atoms with Crippen LogP contribution < -0.4 is 0 Å². The van der Waals surface area contributed by atoms with E-state index in [4.69, 9.17) is 23.2 Å². The Bertz CT molecular complexity index is 1000. The number of ketones is 1. The van der Waals surface area contributed by atoms with Gasteiger partial charge in [0.25, 0.3) is 0 Å². The Labute approximate surface area is 169 Å². The van der Waals surface area contributed by atoms with Gasteiger partial charge in [-0.2, -0.15) is 0 Å². The lowest BCUT2D eigenvalue weighted by Gasteiger charge is -2.13. The number of aromatic nitrogens is 1. The Morgan fingerprint density at radius 3 is 2.69 bits per heavy atom. The zero-order valence-electron chi connectivity index (χ0n) is 13.5. The van der Waals surface area contributed by atoms with E-state index in [1.54, 1.807) is 35.3 Å². The quantitative estimate of drug-likeness (QED) is 0.349. The highest BCUT2D eigenvalue weighted by molar-refractivity contribution is 8.01. The Hall–Kier alpha value is -1.59. The Morgan fingerprint density at radius 2 is 1.92 bits per heavy atom. The Balaban J connectivity index is 1.53. The van der Waals surface area contributed by atoms with Crippen LogP contribution in [0.2, 0.25) is 0 Å². The molecule has 1 unspecified atom stereocenters. The van der Waals surface area contributed by atoms with Crippen molar-refractivity contribution in [2.75, 3.05) is 0 Å². The lowest BCUT2D eigenvalue weighted by Crippen LogP contribution is -2.10. The number of rotatable bonds is 4. The fraction of sp³-hybridized carbons (Fsp3) is 0.100. The molecule has 1 aromatic heterocycles. The van der Waals surface area contributed by atoms with Crippen molar-refractivity contribution in [3.8, 4) is 0 Å². The number of para-hydroxylation sites is 1. The maximum Gasteiger partial charge on any atom is 0.194 e. The van der Waals surface area contributed by atoms with Gasteiger partial charge < -0.3 is 0 Å². The van der Waals surface area contributed by atoms with Crippen molar-refractivity contribution in [2.45, 2.75) is 21.0 Å². The fourth-order valence-corrected chi connectivity index (χ4v) is 5.16. The van der Waals surface area contributed by atoms with Crippen LogP contribution in [0.15, 0.2) is 80.5 Å². The fourth-order valence-electron chi connectivity index (χ4n) is 2.66. The number of thiazole rings is 1. The molecule has 2 nitrogen and oxygen atoms in total. The van der Waals surface area contributed by atoms with Gasteiger partial charge in [0.15, 0.2) is 10.1 Å². The molecule has 0 aliphatic heterocycles. The monoisotopic (exact) mass is 417 g/mol. The van der Waals surface area contributed by atoms with Crippen LogP contribution in [-0.4, -0.2) is 16.1 Å². The number of Topliss-reactive ketones (excluding diaryl/α,β-unsaturated/α-hetero) is 1. The van der Waals surface area contributed by atoms with Crippen LogP contribution in [0.4, 0.5) is 0 Å². The average molecular weight is 418 g/mol. The lowest BCUT2D eigenvalue weighted by molar-refractivity contribution is 0.103. The number of hydrogen-bond donors (Lipinski definition) is 0. The summed E-state index contributed by atoms with van der Waals surface area (Å²) in [6.07, 6.45) is 4.18. The average Bonchev–Trinajstić information content (AvgIpc) is 3.06. The number of fused-ring (bicyclic) bond motifs is 1. The van der Waals surface area contributed by atoms with Gasteiger partial charge in [0, 0.05) is 21.1 Å². The normalized spacial score (nSPS) is 17.1. The number of carbonyl (C=O) groups excluding carboxylic acids is 1. The molecule has 1 aliphatic carbocycles. The first kappa shape index (κ1) is 17.8. The van der Waals surface area contributed by atoms with Crippen molar-refractivity contribution < 1.29 is 4.79 Å². The number of nitrogens with zero attached hydrogens (tertiary/aromatic N) is 1. The predicted octanol–water partition coefficient (Wildman–Crippen LogP) is 6.69. The summed E-state index contributed by atoms with van der Waals surface area (Å²) < 4.78 is 2.15. The van der Waals surface area contributed by atoms with Gasteiger partial charge in [-0.05, 0) is 42.8 Å². The summed E-state index contributed by atoms with van der Waals surface area (Å²) in [7, 11) is 0. The van der Waals surface area contributed by atoms with Crippen LogP contribution in [0, 0.1) is 0 Å². The molecule has 1 aliphatic rings. The highest BCUT2D eigenvalue weighted by Gasteiger charge is 2.20. The van der Waals surface area contributed by atoms with Crippen molar-refractivity contribution >= 4 is 62.3 Å². The van der Waals surface area contributed by atoms with Crippen LogP contribution in [-0.2, 0) is 0 Å². The first-order chi connectivity index (χ1) is 12.6. The molecule has 4 rings (SSSR count). The number of hydrogen-bond acceptors (Lipinski definition) is 4. The highest BCUT2D eigenvalue weighted by Crippen LogP contribution is 2.35. The SMILES string of the molecule is O=C(C1=CC(Cl)CC=C1Cl)c1ccc(Sc2nc3ccccc3s2)cc1. The van der Waals surface area contributed by atoms with Crippen molar-refractivity contribution in [1.82, 2.24) is 4.98 Å². The maximum atomic E-state index is 12.7. The van der Waals surface area contributed by atoms with E-state index in [0.29, 0.717) is 22.6 Å². The molecule has 0 N–H and O–H groups in total. The molecule has 0 saturated heterocycles. The molecule has 0 amide bonds. The van der Waals surface area contributed by atoms with E-state index in [0.717, 1.165) is 14.8 Å². The molecule has 0 bridgehead atoms. The van der Waals surface area contributed by atoms with E-state index in [1.807, 2.05) is 42.5 Å². The summed E-state index contributed by atoms with van der Waals surface area (Å²) in [6.45, 7) is 0. The summed E-state index contributed by atoms with van der Waals surface area (Å²) in [5, 5.41) is 0.283. The summed E-state index contributed by atoms with van der Waals surface area (Å²) in [5.74, 6) is -0.104. The van der Waals surface area contributed by atoms with E-state index in [9.17, 15) is 4.79 Å². The van der Waals surface area contributed by atoms with Gasteiger partial charge in [-0.3, -0.25) is 4.79 Å². The van der Waals surface area contributed by atoms with Gasteiger partial charge in [0.1, 0.15) is 0 Å². The molecular weight excluding hydrogens is 405 g/mol. The number of benzene rings is 2. The van der Waals surface area contributed by atoms with E-state index >= 15 is 0 Å². The summed E-state index contributed by atoms with van der Waals surface area (Å²) >= 11 is 15.5. The number of halogens is 2. The molecule has 0 spiro atoms. The largest absolute Gasteiger partial charge is 0.289 e. The highest BCUT2D eigenvalue weighted by atomic mass is 35.5. The van der Waals surface area contributed by atoms with Gasteiger partial charge >= 0.3 is 0 Å². The molecule has 1 atom stereocenters. The second kappa shape index (κ2) is 7.57. The van der Waals surface area contributed by atoms with E-state index in [1.165, 1.54) is 4.70 Å². The second-order valence-corrected chi connectivity index (χ2v) is 9.11. The van der Waals surface area contributed by atoms with Crippen LogP contribution in [0.1, 0.15) is 16.8 Å². The van der Waals surface area contributed by atoms with E-state index in [-0.39, 0.29) is 11.2 Å². The minimum absolute atomic E-state index is 0.104. The van der Waals surface area contributed by atoms with Crippen LogP contribution >= 0.6 is 46.3 Å². The van der Waals surface area contributed by atoms with E-state index in [2.05, 4.69) is 11.1 Å². The number of allylic oxidation sites excluding steroid dienone is 4. The topological polar surface area (TPSA) is 30.0 Å². The molecule has 130 valence electrons. The van der Waals surface area contributed by atoms with Crippen molar-refractivity contribution in [1.29, 1.82) is 0 Å². The van der Waals surface area contributed by atoms with Crippen LogP contribution in [0.5, 0.6) is 0 Å². The van der Waals surface area contributed by atoms with Crippen molar-refractivity contribution in [2.24, 2.45) is 0 Å². The van der Waals surface area contributed by atoms with Gasteiger partial charge in [-0.1, -0.05) is 47.6 Å². The number of alkyl halides is 1. The summed E-state index contributed by atoms with van der Waals surface area (Å²) in [5.41, 5.74) is 2.08. The molecular formula is C20H13Cl2NOS2. The third-order valence-corrected chi connectivity index (χ3v) is 6.73. The molecule has 2 aromatic carbocycles. The molecule has 26 heavy (non-hydrogen) atoms. The minimum Gasteiger partial charge on any atom is -0.289 e. The third-order valence-electron chi connectivity index (χ3n) is 3.97. The van der Waals surface area contributed by atoms with Gasteiger partial charge in [0.2, 0.25) is 0 Å². The standard InChI is InChI=1S/C20H13Cl2NOS2/c21-13-7-10-16(22)15(11-13)19(24)12-5-8-14(9-6-12)25-20-23-17-3-1-2-4-18(17)26-20/h1-6,8-11,13H,7H2. The molecule has 3 aromatic rings. The zero-order chi connectivity index (χ0) is 18.1. The lowest BCUT2D eigenvalue weighted by atomic mass is 9.98. The second-order valence-electron chi connectivity index (χ2n) is 5.79. The minimum atomic E-state index is -0.190. The smallest absolute Gasteiger partial charge is 0.194 e. The molecule has 0 saturated carbocycles. The summed E-state index contributed by atoms with van der Waals surface area (Å²) in [6, 6.07) is 15.6. The zero-order valence-corrected chi connectivity index (χ0v) is 16.6. The first-order valence-electron chi connectivity index (χ1n) is 8.00. The Kier molecular flexibility index (Phi) is 5.18. The maximum absolute atomic E-state index is 12.7. The van der Waals surface area contributed by atoms with Gasteiger partial charge in [-0.15, -0.1) is 22.9 Å². The van der Waals surface area contributed by atoms with Crippen molar-refractivity contribution in [3.05, 3.63) is 76.9 Å². The predicted molar refractivity (Wildman–Crippen MR) is 111 cm³/mol. The molecule has 0 radical (unpaired) electrons.